The number of hydrogen-bond acceptors (Lipinski definition) is 5. The molecule has 1 rings (SSSR count). The lowest BCUT2D eigenvalue weighted by molar-refractivity contribution is -0.152. The van der Waals surface area contributed by atoms with Crippen LogP contribution in [0.15, 0.2) is 24.3 Å². The molecule has 0 aliphatic heterocycles. The molecule has 1 aromatic carbocycles. The molecule has 1 aromatic rings. The summed E-state index contributed by atoms with van der Waals surface area (Å²) in [6.45, 7) is 4.96. The van der Waals surface area contributed by atoms with E-state index in [1.807, 2.05) is 0 Å². The SMILES string of the molecule is CCCCCOC(=O)CC(C(=O)OCCCCC)c1ccc(OC)cc1. The molecule has 0 saturated heterocycles. The summed E-state index contributed by atoms with van der Waals surface area (Å²) in [4.78, 5) is 24.7. The third-order valence-corrected chi connectivity index (χ3v) is 4.18. The van der Waals surface area contributed by atoms with Gasteiger partial charge in [0.05, 0.1) is 32.7 Å². The molecule has 1 atom stereocenters. The molecular formula is C21H32O5. The molecule has 5 nitrogen and oxygen atoms in total. The first-order valence-corrected chi connectivity index (χ1v) is 9.58. The maximum atomic E-state index is 12.5. The van der Waals surface area contributed by atoms with E-state index in [1.165, 1.54) is 0 Å². The molecule has 0 amide bonds. The van der Waals surface area contributed by atoms with Gasteiger partial charge in [-0.2, -0.15) is 0 Å². The summed E-state index contributed by atoms with van der Waals surface area (Å²) < 4.78 is 15.8. The van der Waals surface area contributed by atoms with Gasteiger partial charge < -0.3 is 14.2 Å². The van der Waals surface area contributed by atoms with Crippen molar-refractivity contribution in [2.24, 2.45) is 0 Å². The minimum Gasteiger partial charge on any atom is -0.497 e. The Morgan fingerprint density at radius 1 is 0.885 bits per heavy atom. The Balaban J connectivity index is 2.70. The Kier molecular flexibility index (Phi) is 11.2. The van der Waals surface area contributed by atoms with Gasteiger partial charge in [0.25, 0.3) is 0 Å². The normalized spacial score (nSPS) is 11.7. The van der Waals surface area contributed by atoms with E-state index < -0.39 is 5.92 Å². The van der Waals surface area contributed by atoms with Crippen LogP contribution in [0.3, 0.4) is 0 Å². The fourth-order valence-corrected chi connectivity index (χ4v) is 2.56. The predicted molar refractivity (Wildman–Crippen MR) is 101 cm³/mol. The molecule has 0 bridgehead atoms. The lowest BCUT2D eigenvalue weighted by atomic mass is 9.95. The van der Waals surface area contributed by atoms with E-state index in [9.17, 15) is 9.59 Å². The van der Waals surface area contributed by atoms with Crippen LogP contribution in [0, 0.1) is 0 Å². The summed E-state index contributed by atoms with van der Waals surface area (Å²) in [5.74, 6) is -0.698. The zero-order valence-electron chi connectivity index (χ0n) is 16.3. The summed E-state index contributed by atoms with van der Waals surface area (Å²) in [7, 11) is 1.59. The number of esters is 2. The molecule has 0 aliphatic rings. The third-order valence-electron chi connectivity index (χ3n) is 4.18. The van der Waals surface area contributed by atoms with E-state index in [0.29, 0.717) is 19.0 Å². The van der Waals surface area contributed by atoms with Gasteiger partial charge in [0.1, 0.15) is 5.75 Å². The molecule has 0 aromatic heterocycles. The van der Waals surface area contributed by atoms with Crippen LogP contribution in [-0.2, 0) is 19.1 Å². The highest BCUT2D eigenvalue weighted by Gasteiger charge is 2.26. The van der Waals surface area contributed by atoms with E-state index in [0.717, 1.165) is 44.1 Å². The molecule has 0 heterocycles. The lowest BCUT2D eigenvalue weighted by Gasteiger charge is -2.16. The molecule has 0 spiro atoms. The van der Waals surface area contributed by atoms with Crippen LogP contribution in [-0.4, -0.2) is 32.3 Å². The average molecular weight is 364 g/mol. The predicted octanol–water partition coefficient (Wildman–Crippen LogP) is 4.64. The Bertz CT molecular complexity index is 524. The summed E-state index contributed by atoms with van der Waals surface area (Å²) in [5, 5.41) is 0. The van der Waals surface area contributed by atoms with Crippen molar-refractivity contribution in [2.75, 3.05) is 20.3 Å². The second-order valence-electron chi connectivity index (χ2n) is 6.33. The molecule has 0 aliphatic carbocycles. The van der Waals surface area contributed by atoms with Gasteiger partial charge in [0.2, 0.25) is 0 Å². The minimum atomic E-state index is -0.652. The second kappa shape index (κ2) is 13.2. The lowest BCUT2D eigenvalue weighted by Crippen LogP contribution is -2.21. The van der Waals surface area contributed by atoms with Gasteiger partial charge in [-0.25, -0.2) is 0 Å². The van der Waals surface area contributed by atoms with Crippen LogP contribution in [0.5, 0.6) is 5.75 Å². The largest absolute Gasteiger partial charge is 0.497 e. The highest BCUT2D eigenvalue weighted by molar-refractivity contribution is 5.84. The molecular weight excluding hydrogens is 332 g/mol. The number of ether oxygens (including phenoxy) is 3. The van der Waals surface area contributed by atoms with E-state index in [1.54, 1.807) is 31.4 Å². The van der Waals surface area contributed by atoms with Crippen molar-refractivity contribution >= 4 is 11.9 Å². The van der Waals surface area contributed by atoms with Gasteiger partial charge in [-0.1, -0.05) is 51.7 Å². The van der Waals surface area contributed by atoms with Crippen molar-refractivity contribution < 1.29 is 23.8 Å². The number of benzene rings is 1. The summed E-state index contributed by atoms with van der Waals surface area (Å²) in [5.41, 5.74) is 0.733. The number of carbonyl (C=O) groups excluding carboxylic acids is 2. The molecule has 5 heteroatoms. The van der Waals surface area contributed by atoms with Crippen LogP contribution < -0.4 is 4.74 Å². The molecule has 1 unspecified atom stereocenters. The van der Waals surface area contributed by atoms with Crippen LogP contribution in [0.1, 0.15) is 70.3 Å². The van der Waals surface area contributed by atoms with E-state index in [2.05, 4.69) is 13.8 Å². The number of methoxy groups -OCH3 is 1. The summed E-state index contributed by atoms with van der Waals surface area (Å²) >= 11 is 0. The number of carbonyl (C=O) groups is 2. The first-order valence-electron chi connectivity index (χ1n) is 9.58. The molecule has 0 saturated carbocycles. The zero-order valence-corrected chi connectivity index (χ0v) is 16.3. The topological polar surface area (TPSA) is 61.8 Å². The van der Waals surface area contributed by atoms with Gasteiger partial charge in [-0.15, -0.1) is 0 Å². The van der Waals surface area contributed by atoms with Crippen molar-refractivity contribution in [1.29, 1.82) is 0 Å². The van der Waals surface area contributed by atoms with Gasteiger partial charge in [-0.3, -0.25) is 9.59 Å². The Labute approximate surface area is 157 Å². The minimum absolute atomic E-state index is 0.00886. The molecule has 146 valence electrons. The van der Waals surface area contributed by atoms with Crippen molar-refractivity contribution in [1.82, 2.24) is 0 Å². The highest BCUT2D eigenvalue weighted by Crippen LogP contribution is 2.24. The summed E-state index contributed by atoms with van der Waals surface area (Å²) in [6, 6.07) is 7.14. The fraction of sp³-hybridized carbons (Fsp3) is 0.619. The van der Waals surface area contributed by atoms with Crippen molar-refractivity contribution in [3.8, 4) is 5.75 Å². The van der Waals surface area contributed by atoms with E-state index in [4.69, 9.17) is 14.2 Å². The Morgan fingerprint density at radius 3 is 2.00 bits per heavy atom. The third kappa shape index (κ3) is 8.37. The quantitative estimate of drug-likeness (QED) is 0.377. The van der Waals surface area contributed by atoms with Gasteiger partial charge >= 0.3 is 11.9 Å². The number of unbranched alkanes of at least 4 members (excludes halogenated alkanes) is 4. The average Bonchev–Trinajstić information content (AvgIpc) is 2.66. The van der Waals surface area contributed by atoms with Crippen molar-refractivity contribution in [3.05, 3.63) is 29.8 Å². The smallest absolute Gasteiger partial charge is 0.314 e. The van der Waals surface area contributed by atoms with E-state index in [-0.39, 0.29) is 18.4 Å². The molecule has 0 radical (unpaired) electrons. The summed E-state index contributed by atoms with van der Waals surface area (Å²) in [6.07, 6.45) is 5.83. The number of rotatable bonds is 13. The fourth-order valence-electron chi connectivity index (χ4n) is 2.56. The van der Waals surface area contributed by atoms with Crippen LogP contribution in [0.2, 0.25) is 0 Å². The van der Waals surface area contributed by atoms with Gasteiger partial charge in [-0.05, 0) is 30.5 Å². The first kappa shape index (κ1) is 22.0. The van der Waals surface area contributed by atoms with Crippen LogP contribution >= 0.6 is 0 Å². The van der Waals surface area contributed by atoms with Crippen molar-refractivity contribution in [3.63, 3.8) is 0 Å². The zero-order chi connectivity index (χ0) is 19.2. The Hall–Kier alpha value is -2.04. The van der Waals surface area contributed by atoms with E-state index >= 15 is 0 Å². The van der Waals surface area contributed by atoms with Crippen LogP contribution in [0.25, 0.3) is 0 Å². The molecule has 0 fully saturated rings. The first-order chi connectivity index (χ1) is 12.6. The van der Waals surface area contributed by atoms with Gasteiger partial charge in [0.15, 0.2) is 0 Å². The second-order valence-corrected chi connectivity index (χ2v) is 6.33. The standard InChI is InChI=1S/C21H32O5/c1-4-6-8-14-25-20(22)16-19(21(23)26-15-9-7-5-2)17-10-12-18(24-3)13-11-17/h10-13,19H,4-9,14-16H2,1-3H3. The Morgan fingerprint density at radius 2 is 1.46 bits per heavy atom. The highest BCUT2D eigenvalue weighted by atomic mass is 16.5. The molecule has 26 heavy (non-hydrogen) atoms. The molecule has 0 N–H and O–H groups in total. The number of hydrogen-bond donors (Lipinski definition) is 0. The van der Waals surface area contributed by atoms with Crippen LogP contribution in [0.4, 0.5) is 0 Å². The monoisotopic (exact) mass is 364 g/mol. The maximum absolute atomic E-state index is 12.5. The van der Waals surface area contributed by atoms with Gasteiger partial charge in [0, 0.05) is 0 Å². The van der Waals surface area contributed by atoms with Crippen molar-refractivity contribution in [2.45, 2.75) is 64.7 Å². The maximum Gasteiger partial charge on any atom is 0.314 e.